The highest BCUT2D eigenvalue weighted by Gasteiger charge is 2.32. The van der Waals surface area contributed by atoms with Gasteiger partial charge in [0.2, 0.25) is 0 Å². The number of carbonyl (C=O) groups is 1. The summed E-state index contributed by atoms with van der Waals surface area (Å²) >= 11 is 0. The Bertz CT molecular complexity index is 1960. The van der Waals surface area contributed by atoms with E-state index >= 15 is 0 Å². The van der Waals surface area contributed by atoms with Gasteiger partial charge in [0, 0.05) is 35.8 Å². The van der Waals surface area contributed by atoms with Crippen molar-refractivity contribution in [2.45, 2.75) is 78.9 Å². The van der Waals surface area contributed by atoms with Gasteiger partial charge in [-0.1, -0.05) is 83.5 Å². The summed E-state index contributed by atoms with van der Waals surface area (Å²) in [6.07, 6.45) is 4.02. The van der Waals surface area contributed by atoms with Crippen molar-refractivity contribution in [1.82, 2.24) is 9.55 Å². The first-order chi connectivity index (χ1) is 24.1. The molecule has 5 aromatic rings. The zero-order chi connectivity index (χ0) is 35.8. The molecule has 0 saturated carbocycles. The highest BCUT2D eigenvalue weighted by atomic mass is 16.5. The second kappa shape index (κ2) is 16.5. The maximum Gasteiger partial charge on any atom is 0.324 e. The van der Waals surface area contributed by atoms with Crippen LogP contribution in [0.2, 0.25) is 0 Å². The number of benzene rings is 3. The molecule has 2 amide bonds. The number of hydrogen-bond donors (Lipinski definition) is 2. The van der Waals surface area contributed by atoms with Crippen LogP contribution in [0.1, 0.15) is 82.4 Å². The lowest BCUT2D eigenvalue weighted by molar-refractivity contribution is 0.107. The number of nitrogens with two attached hydrogens (primary N) is 2. The van der Waals surface area contributed by atoms with E-state index in [0.29, 0.717) is 66.7 Å². The number of primary amides is 1. The van der Waals surface area contributed by atoms with E-state index in [1.165, 1.54) is 4.90 Å². The molecule has 0 aliphatic heterocycles. The fourth-order valence-electron chi connectivity index (χ4n) is 6.32. The van der Waals surface area contributed by atoms with Gasteiger partial charge < -0.3 is 20.9 Å². The van der Waals surface area contributed by atoms with Crippen molar-refractivity contribution >= 4 is 34.1 Å². The number of nitrogen functional groups attached to an aromatic ring is 1. The third-order valence-electron chi connectivity index (χ3n) is 8.77. The van der Waals surface area contributed by atoms with Gasteiger partial charge >= 0.3 is 6.03 Å². The van der Waals surface area contributed by atoms with Crippen molar-refractivity contribution in [3.8, 4) is 16.9 Å². The van der Waals surface area contributed by atoms with E-state index in [1.54, 1.807) is 10.8 Å². The van der Waals surface area contributed by atoms with E-state index < -0.39 is 6.03 Å². The van der Waals surface area contributed by atoms with Crippen LogP contribution in [0.15, 0.2) is 89.9 Å². The number of fused-ring (bicyclic) bond motifs is 1. The van der Waals surface area contributed by atoms with Crippen LogP contribution >= 0.6 is 0 Å². The van der Waals surface area contributed by atoms with Gasteiger partial charge in [0.1, 0.15) is 17.1 Å². The van der Waals surface area contributed by atoms with E-state index in [2.05, 4.69) is 6.92 Å². The Morgan fingerprint density at radius 1 is 0.880 bits per heavy atom. The summed E-state index contributed by atoms with van der Waals surface area (Å²) < 4.78 is 13.7. The second-order valence-electron chi connectivity index (χ2n) is 13.2. The number of ether oxygens (including phenoxy) is 2. The maximum absolute atomic E-state index is 14.9. The second-order valence-corrected chi connectivity index (χ2v) is 13.2. The van der Waals surface area contributed by atoms with Crippen molar-refractivity contribution in [1.29, 1.82) is 0 Å². The van der Waals surface area contributed by atoms with Crippen LogP contribution < -0.4 is 26.7 Å². The zero-order valence-corrected chi connectivity index (χ0v) is 29.8. The third kappa shape index (κ3) is 8.00. The Labute approximate surface area is 294 Å². The average Bonchev–Trinajstić information content (AvgIpc) is 3.10. The molecule has 0 fully saturated rings. The van der Waals surface area contributed by atoms with Crippen LogP contribution in [0.4, 0.5) is 21.9 Å². The van der Waals surface area contributed by atoms with Gasteiger partial charge in [-0.2, -0.15) is 0 Å². The molecule has 5 rings (SSSR count). The Kier molecular flexibility index (Phi) is 11.9. The lowest BCUT2D eigenvalue weighted by atomic mass is 9.90. The van der Waals surface area contributed by atoms with Gasteiger partial charge in [-0.15, -0.1) is 0 Å². The first-order valence-corrected chi connectivity index (χ1v) is 17.5. The summed E-state index contributed by atoms with van der Waals surface area (Å²) in [5.74, 6) is 0.593. The first-order valence-electron chi connectivity index (χ1n) is 17.5. The molecule has 50 heavy (non-hydrogen) atoms. The topological polar surface area (TPSA) is 126 Å². The minimum Gasteiger partial charge on any atom is -0.493 e. The Morgan fingerprint density at radius 2 is 1.60 bits per heavy atom. The van der Waals surface area contributed by atoms with E-state index in [4.69, 9.17) is 25.9 Å². The Morgan fingerprint density at radius 3 is 2.26 bits per heavy atom. The highest BCUT2D eigenvalue weighted by molar-refractivity contribution is 6.09. The highest BCUT2D eigenvalue weighted by Crippen LogP contribution is 2.44. The van der Waals surface area contributed by atoms with Crippen LogP contribution in [0.25, 0.3) is 22.2 Å². The fraction of sp³-hybridized carbons (Fsp3) is 0.341. The number of anilines is 3. The van der Waals surface area contributed by atoms with Crippen molar-refractivity contribution in [3.05, 3.63) is 112 Å². The predicted molar refractivity (Wildman–Crippen MR) is 203 cm³/mol. The lowest BCUT2D eigenvalue weighted by Crippen LogP contribution is -2.39. The smallest absolute Gasteiger partial charge is 0.324 e. The number of amides is 2. The molecule has 3 aromatic carbocycles. The minimum atomic E-state index is -0.759. The quantitative estimate of drug-likeness (QED) is 0.0843. The van der Waals surface area contributed by atoms with Gasteiger partial charge in [-0.3, -0.25) is 14.3 Å². The van der Waals surface area contributed by atoms with Crippen molar-refractivity contribution in [3.63, 3.8) is 0 Å². The van der Waals surface area contributed by atoms with Gasteiger partial charge in [0.15, 0.2) is 0 Å². The number of aromatic nitrogens is 2. The van der Waals surface area contributed by atoms with Gasteiger partial charge in [-0.05, 0) is 76.9 Å². The molecule has 0 atom stereocenters. The molecule has 0 aliphatic rings. The Balaban J connectivity index is 1.64. The van der Waals surface area contributed by atoms with Crippen LogP contribution in [0, 0.1) is 0 Å². The average molecular weight is 676 g/mol. The number of aryl methyl sites for hydroxylation is 1. The zero-order valence-electron chi connectivity index (χ0n) is 29.8. The number of nitrogens with zero attached hydrogens (tertiary/aromatic N) is 3. The van der Waals surface area contributed by atoms with Gasteiger partial charge in [-0.25, -0.2) is 9.78 Å². The molecule has 0 saturated heterocycles. The predicted octanol–water partition coefficient (Wildman–Crippen LogP) is 8.90. The molecule has 2 heterocycles. The minimum absolute atomic E-state index is 0.0193. The van der Waals surface area contributed by atoms with Gasteiger partial charge in [0.25, 0.3) is 5.56 Å². The van der Waals surface area contributed by atoms with Crippen molar-refractivity contribution in [2.24, 2.45) is 5.73 Å². The molecular formula is C41H49N5O4. The molecule has 0 unspecified atom stereocenters. The van der Waals surface area contributed by atoms with Crippen LogP contribution in [0.5, 0.6) is 5.75 Å². The summed E-state index contributed by atoms with van der Waals surface area (Å²) in [5, 5.41) is 0.726. The van der Waals surface area contributed by atoms with Gasteiger partial charge in [0.05, 0.1) is 25.5 Å². The van der Waals surface area contributed by atoms with Crippen LogP contribution in [-0.4, -0.2) is 28.8 Å². The molecule has 0 bridgehead atoms. The molecule has 262 valence electrons. The molecule has 0 spiro atoms. The third-order valence-corrected chi connectivity index (χ3v) is 8.77. The van der Waals surface area contributed by atoms with Crippen molar-refractivity contribution < 1.29 is 14.3 Å². The molecule has 0 radical (unpaired) electrons. The van der Waals surface area contributed by atoms with E-state index in [1.807, 2.05) is 107 Å². The molecule has 0 aliphatic carbocycles. The monoisotopic (exact) mass is 675 g/mol. The first kappa shape index (κ1) is 36.1. The van der Waals surface area contributed by atoms with E-state index in [-0.39, 0.29) is 23.1 Å². The SMILES string of the molecule is CCCCn1c(=O)c(N(C(N)=O)c2c(C(C)C)cc(N)cc2C(C)C)c(-c2cccc(OCCCOCc3ccccc3)c2)c2cccnc21. The molecule has 9 nitrogen and oxygen atoms in total. The number of hydrogen-bond acceptors (Lipinski definition) is 6. The van der Waals surface area contributed by atoms with Crippen LogP contribution in [-0.2, 0) is 17.9 Å². The van der Waals surface area contributed by atoms with E-state index in [9.17, 15) is 9.59 Å². The summed E-state index contributed by atoms with van der Waals surface area (Å²) in [4.78, 5) is 34.8. The summed E-state index contributed by atoms with van der Waals surface area (Å²) in [5.41, 5.74) is 18.3. The number of unbranched alkanes of at least 4 members (excludes halogenated alkanes) is 1. The maximum atomic E-state index is 14.9. The number of carbonyl (C=O) groups excluding carboxylic acids is 1. The fourth-order valence-corrected chi connectivity index (χ4v) is 6.32. The largest absolute Gasteiger partial charge is 0.493 e. The number of urea groups is 1. The summed E-state index contributed by atoms with van der Waals surface area (Å²) in [6, 6.07) is 24.4. The molecule has 2 aromatic heterocycles. The standard InChI is InChI=1S/C41H49N5O4/c1-6-7-20-45-39-33(18-12-19-44-39)36(30-16-11-17-32(23-30)50-22-13-21-49-26-29-14-9-8-10-15-29)38(40(45)47)46(41(43)48)37-34(27(2)3)24-31(42)25-35(37)28(4)5/h8-12,14-19,23-25,27-28H,6-7,13,20-22,26,42H2,1-5H3,(H2,43,48). The normalized spacial score (nSPS) is 11.4. The Hall–Kier alpha value is -5.15. The van der Waals surface area contributed by atoms with E-state index in [0.717, 1.165) is 34.9 Å². The number of pyridine rings is 2. The summed E-state index contributed by atoms with van der Waals surface area (Å²) in [6.45, 7) is 12.2. The lowest BCUT2D eigenvalue weighted by Gasteiger charge is -2.31. The molecule has 9 heteroatoms. The molecule has 4 N–H and O–H groups in total. The number of rotatable bonds is 15. The molecular weight excluding hydrogens is 626 g/mol. The summed E-state index contributed by atoms with van der Waals surface area (Å²) in [7, 11) is 0. The van der Waals surface area contributed by atoms with Crippen LogP contribution in [0.3, 0.4) is 0 Å². The van der Waals surface area contributed by atoms with Crippen molar-refractivity contribution in [2.75, 3.05) is 23.8 Å².